The summed E-state index contributed by atoms with van der Waals surface area (Å²) in [4.78, 5) is 0. The van der Waals surface area contributed by atoms with Crippen molar-refractivity contribution in [1.29, 1.82) is 0 Å². The Labute approximate surface area is 414 Å². The number of halogens is 2. The Morgan fingerprint density at radius 3 is 1.32 bits per heavy atom. The van der Waals surface area contributed by atoms with Gasteiger partial charge in [0.1, 0.15) is 34.0 Å². The van der Waals surface area contributed by atoms with Gasteiger partial charge in [-0.3, -0.25) is 0 Å². The van der Waals surface area contributed by atoms with Gasteiger partial charge in [-0.15, -0.1) is 0 Å². The van der Waals surface area contributed by atoms with Gasteiger partial charge in [-0.25, -0.2) is 8.78 Å². The van der Waals surface area contributed by atoms with Crippen LogP contribution < -0.4 is 0 Å². The third-order valence-corrected chi connectivity index (χ3v) is 15.3. The van der Waals surface area contributed by atoms with E-state index in [2.05, 4.69) is 125 Å². The minimum atomic E-state index is -0.355. The van der Waals surface area contributed by atoms with Crippen molar-refractivity contribution in [3.8, 4) is 66.8 Å². The Balaban J connectivity index is 1.20. The predicted molar refractivity (Wildman–Crippen MR) is 296 cm³/mol. The molecule has 0 aliphatic rings. The van der Waals surface area contributed by atoms with E-state index in [1.807, 2.05) is 72.8 Å². The van der Waals surface area contributed by atoms with Gasteiger partial charge in [0, 0.05) is 54.2 Å². The number of rotatable bonds is 6. The lowest BCUT2D eigenvalue weighted by molar-refractivity contribution is 0.631. The molecule has 0 amide bonds. The minimum Gasteiger partial charge on any atom is -0.455 e. The van der Waals surface area contributed by atoms with Crippen molar-refractivity contribution in [2.24, 2.45) is 0 Å². The normalized spacial score (nSPS) is 12.0. The summed E-state index contributed by atoms with van der Waals surface area (Å²) in [6.07, 6.45) is 0. The Hall–Kier alpha value is -8.86. The molecule has 2 aromatic heterocycles. The monoisotopic (exact) mass is 930 g/mol. The van der Waals surface area contributed by atoms with E-state index in [1.54, 1.807) is 24.3 Å². The van der Waals surface area contributed by atoms with Crippen molar-refractivity contribution in [2.45, 2.75) is 27.7 Å². The number of fused-ring (bicyclic) bond motifs is 8. The molecule has 2 heterocycles. The summed E-state index contributed by atoms with van der Waals surface area (Å²) >= 11 is 0. The van der Waals surface area contributed by atoms with Crippen LogP contribution in [0.15, 0.2) is 203 Å². The first kappa shape index (κ1) is 42.1. The molecule has 342 valence electrons. The van der Waals surface area contributed by atoms with Crippen molar-refractivity contribution < 1.29 is 17.6 Å². The second kappa shape index (κ2) is 15.8. The summed E-state index contributed by atoms with van der Waals surface area (Å²) in [6, 6.07) is 64.9. The Morgan fingerprint density at radius 2 is 0.778 bits per heavy atom. The zero-order chi connectivity index (χ0) is 48.5. The van der Waals surface area contributed by atoms with E-state index < -0.39 is 0 Å². The highest BCUT2D eigenvalue weighted by molar-refractivity contribution is 6.39. The van der Waals surface area contributed by atoms with E-state index in [0.717, 1.165) is 98.4 Å². The smallest absolute Gasteiger partial charge is 0.143 e. The molecule has 0 radical (unpaired) electrons. The van der Waals surface area contributed by atoms with E-state index in [1.165, 1.54) is 27.8 Å². The molecule has 0 fully saturated rings. The molecule has 0 saturated carbocycles. The van der Waals surface area contributed by atoms with Crippen LogP contribution in [0.1, 0.15) is 22.3 Å². The van der Waals surface area contributed by atoms with Gasteiger partial charge in [-0.05, 0) is 177 Å². The zero-order valence-corrected chi connectivity index (χ0v) is 40.0. The van der Waals surface area contributed by atoms with Crippen LogP contribution in [0.3, 0.4) is 0 Å². The largest absolute Gasteiger partial charge is 0.455 e. The first-order valence-corrected chi connectivity index (χ1v) is 24.5. The van der Waals surface area contributed by atoms with Crippen molar-refractivity contribution in [1.82, 2.24) is 0 Å². The fourth-order valence-electron chi connectivity index (χ4n) is 12.1. The van der Waals surface area contributed by atoms with Crippen LogP contribution in [0.25, 0.3) is 143 Å². The van der Waals surface area contributed by atoms with E-state index in [0.29, 0.717) is 39.0 Å². The van der Waals surface area contributed by atoms with Crippen molar-refractivity contribution >= 4 is 76.2 Å². The van der Waals surface area contributed by atoms with Crippen LogP contribution in [0.2, 0.25) is 0 Å². The molecule has 0 aliphatic carbocycles. The topological polar surface area (TPSA) is 26.3 Å². The summed E-state index contributed by atoms with van der Waals surface area (Å²) in [5.74, 6) is -0.705. The molecular formula is C68H44F2O2. The molecule has 0 saturated heterocycles. The molecular weight excluding hydrogens is 887 g/mol. The van der Waals surface area contributed by atoms with Crippen molar-refractivity contribution in [3.63, 3.8) is 0 Å². The highest BCUT2D eigenvalue weighted by Crippen LogP contribution is 2.54. The predicted octanol–water partition coefficient (Wildman–Crippen LogP) is 19.9. The summed E-state index contributed by atoms with van der Waals surface area (Å²) < 4.78 is 49.2. The summed E-state index contributed by atoms with van der Waals surface area (Å²) in [6.45, 7) is 8.56. The molecule has 0 aliphatic heterocycles. The van der Waals surface area contributed by atoms with Gasteiger partial charge in [0.05, 0.1) is 0 Å². The fourth-order valence-corrected chi connectivity index (χ4v) is 12.1. The minimum absolute atomic E-state index is 0.350. The lowest BCUT2D eigenvalue weighted by atomic mass is 9.81. The van der Waals surface area contributed by atoms with Gasteiger partial charge < -0.3 is 8.83 Å². The van der Waals surface area contributed by atoms with Gasteiger partial charge in [0.2, 0.25) is 0 Å². The zero-order valence-electron chi connectivity index (χ0n) is 40.0. The maximum absolute atomic E-state index is 17.4. The van der Waals surface area contributed by atoms with Crippen molar-refractivity contribution in [3.05, 3.63) is 228 Å². The number of hydrogen-bond donors (Lipinski definition) is 0. The molecule has 0 bridgehead atoms. The number of hydrogen-bond acceptors (Lipinski definition) is 2. The molecule has 0 unspecified atom stereocenters. The van der Waals surface area contributed by atoms with Crippen LogP contribution in [-0.4, -0.2) is 0 Å². The molecule has 4 heteroatoms. The van der Waals surface area contributed by atoms with E-state index in [-0.39, 0.29) is 11.6 Å². The summed E-state index contributed by atoms with van der Waals surface area (Å²) in [5, 5.41) is 8.74. The van der Waals surface area contributed by atoms with Crippen LogP contribution >= 0.6 is 0 Å². The van der Waals surface area contributed by atoms with Crippen LogP contribution in [0.4, 0.5) is 8.78 Å². The molecule has 0 spiro atoms. The van der Waals surface area contributed by atoms with Gasteiger partial charge in [0.15, 0.2) is 0 Å². The third kappa shape index (κ3) is 6.18. The van der Waals surface area contributed by atoms with Gasteiger partial charge in [-0.1, -0.05) is 133 Å². The molecule has 72 heavy (non-hydrogen) atoms. The first-order chi connectivity index (χ1) is 35.2. The van der Waals surface area contributed by atoms with Crippen LogP contribution in [0, 0.1) is 39.3 Å². The number of benzene rings is 12. The average Bonchev–Trinajstić information content (AvgIpc) is 3.96. The lowest BCUT2D eigenvalue weighted by Gasteiger charge is -2.21. The van der Waals surface area contributed by atoms with E-state index >= 15 is 8.78 Å². The van der Waals surface area contributed by atoms with Gasteiger partial charge in [-0.2, -0.15) is 0 Å². The summed E-state index contributed by atoms with van der Waals surface area (Å²) in [5.41, 5.74) is 17.6. The standard InChI is InChI=1S/C68H44F2O2/c1-37-15-11-16-38(2)60(37)43-27-29-48-52-31-45-32-54(64-47(24-14-26-57(64)70)42-21-9-6-10-22-42)66-65-51(35-53-49-30-28-44(34-59(49)72-68(53)66)61-39(3)17-12-18-40(61)4)50(36-55(62(45)65)67(52)71-58(48)33-43)63-46(23-13-25-56(63)69)41-19-7-5-8-20-41/h5-36H,1-4H3. The molecule has 14 rings (SSSR count). The van der Waals surface area contributed by atoms with E-state index in [9.17, 15) is 0 Å². The molecule has 12 aromatic carbocycles. The molecule has 0 atom stereocenters. The quantitative estimate of drug-likeness (QED) is 0.155. The lowest BCUT2D eigenvalue weighted by Crippen LogP contribution is -1.97. The molecule has 14 aromatic rings. The first-order valence-electron chi connectivity index (χ1n) is 24.5. The van der Waals surface area contributed by atoms with Crippen LogP contribution in [0.5, 0.6) is 0 Å². The Bertz CT molecular complexity index is 4520. The molecule has 0 N–H and O–H groups in total. The fraction of sp³-hybridized carbons (Fsp3) is 0.0588. The van der Waals surface area contributed by atoms with Gasteiger partial charge in [0.25, 0.3) is 0 Å². The van der Waals surface area contributed by atoms with Gasteiger partial charge >= 0.3 is 0 Å². The Kier molecular flexibility index (Phi) is 9.25. The van der Waals surface area contributed by atoms with Crippen LogP contribution in [-0.2, 0) is 0 Å². The van der Waals surface area contributed by atoms with Crippen molar-refractivity contribution in [2.75, 3.05) is 0 Å². The maximum atomic E-state index is 17.4. The second-order valence-electron chi connectivity index (χ2n) is 19.5. The highest BCUT2D eigenvalue weighted by Gasteiger charge is 2.29. The second-order valence-corrected chi connectivity index (χ2v) is 19.5. The summed E-state index contributed by atoms with van der Waals surface area (Å²) in [7, 11) is 0. The maximum Gasteiger partial charge on any atom is 0.143 e. The Morgan fingerprint density at radius 1 is 0.292 bits per heavy atom. The van der Waals surface area contributed by atoms with E-state index in [4.69, 9.17) is 8.83 Å². The SMILES string of the molecule is Cc1cccc(C)c1-c1ccc2c(c1)oc1c2cc2cc(-c3c(F)cccc3-c3ccccc3)c3c4oc5cc(-c6c(C)cccc6C)ccc5c4cc4c(-c5c(F)cccc5-c5ccccc5)cc1c2c43. The number of furan rings is 2. The highest BCUT2D eigenvalue weighted by atomic mass is 19.1. The molecule has 2 nitrogen and oxygen atoms in total. The third-order valence-electron chi connectivity index (χ3n) is 15.3. The number of aryl methyl sites for hydroxylation is 4. The average molecular weight is 931 g/mol.